The predicted molar refractivity (Wildman–Crippen MR) is 133 cm³/mol. The molecule has 2 aromatic carbocycles. The lowest BCUT2D eigenvalue weighted by atomic mass is 9.84. The van der Waals surface area contributed by atoms with E-state index >= 15 is 0 Å². The molecule has 0 unspecified atom stereocenters. The maximum absolute atomic E-state index is 10.2. The van der Waals surface area contributed by atoms with Gasteiger partial charge < -0.3 is 13.9 Å². The Morgan fingerprint density at radius 3 is 2.50 bits per heavy atom. The second kappa shape index (κ2) is 10.0. The molecule has 34 heavy (non-hydrogen) atoms. The standard InChI is InChI=1S/C28H31N3O3/c1-6-7-8-15-33-24-14-11-21(16-25(24)32-5)26-23(17-29)19(3)31(22-12-9-18(2)10-13-22)28-27(26)30-20(4)34-28/h9-14,16,26H,6-8,15H2,1-5H3/t26-/m0/s1. The Morgan fingerprint density at radius 2 is 1.82 bits per heavy atom. The number of anilines is 2. The molecule has 0 bridgehead atoms. The quantitative estimate of drug-likeness (QED) is 0.341. The normalized spacial score (nSPS) is 15.2. The molecule has 2 heterocycles. The van der Waals surface area contributed by atoms with Crippen LogP contribution in [0, 0.1) is 25.2 Å². The van der Waals surface area contributed by atoms with Gasteiger partial charge in [-0.1, -0.05) is 43.5 Å². The van der Waals surface area contributed by atoms with Crippen LogP contribution >= 0.6 is 0 Å². The van der Waals surface area contributed by atoms with Gasteiger partial charge in [0.05, 0.1) is 31.3 Å². The molecule has 0 spiro atoms. The van der Waals surface area contributed by atoms with Gasteiger partial charge in [0.2, 0.25) is 5.88 Å². The number of allylic oxidation sites excluding steroid dienone is 2. The Balaban J connectivity index is 1.78. The van der Waals surface area contributed by atoms with Crippen molar-refractivity contribution < 1.29 is 13.9 Å². The fraction of sp³-hybridized carbons (Fsp3) is 0.357. The van der Waals surface area contributed by atoms with Crippen molar-refractivity contribution in [2.24, 2.45) is 0 Å². The second-order valence-electron chi connectivity index (χ2n) is 8.60. The molecule has 1 atom stereocenters. The number of rotatable bonds is 8. The Kier molecular flexibility index (Phi) is 6.93. The Hall–Kier alpha value is -3.72. The number of aromatic nitrogens is 1. The summed E-state index contributed by atoms with van der Waals surface area (Å²) in [5, 5.41) is 10.2. The van der Waals surface area contributed by atoms with Crippen molar-refractivity contribution in [1.29, 1.82) is 5.26 Å². The number of ether oxygens (including phenoxy) is 2. The minimum atomic E-state index is -0.359. The maximum Gasteiger partial charge on any atom is 0.229 e. The number of nitriles is 1. The first kappa shape index (κ1) is 23.4. The lowest BCUT2D eigenvalue weighted by Gasteiger charge is -2.32. The molecule has 0 N–H and O–H groups in total. The van der Waals surface area contributed by atoms with E-state index in [2.05, 4.69) is 13.0 Å². The first-order chi connectivity index (χ1) is 16.5. The molecule has 0 saturated heterocycles. The third-order valence-corrected chi connectivity index (χ3v) is 6.17. The van der Waals surface area contributed by atoms with Crippen molar-refractivity contribution in [2.45, 2.75) is 52.9 Å². The van der Waals surface area contributed by atoms with Crippen LogP contribution in [0.25, 0.3) is 0 Å². The number of benzene rings is 2. The van der Waals surface area contributed by atoms with Gasteiger partial charge in [-0.15, -0.1) is 0 Å². The second-order valence-corrected chi connectivity index (χ2v) is 8.60. The summed E-state index contributed by atoms with van der Waals surface area (Å²) < 4.78 is 17.7. The number of hydrogen-bond donors (Lipinski definition) is 0. The third kappa shape index (κ3) is 4.38. The Labute approximate surface area is 201 Å². The summed E-state index contributed by atoms with van der Waals surface area (Å²) in [5.41, 5.74) is 5.17. The summed E-state index contributed by atoms with van der Waals surface area (Å²) in [6, 6.07) is 16.5. The molecule has 176 valence electrons. The van der Waals surface area contributed by atoms with Crippen LogP contribution in [0.15, 0.2) is 58.2 Å². The van der Waals surface area contributed by atoms with Gasteiger partial charge >= 0.3 is 0 Å². The molecular formula is C28H31N3O3. The molecular weight excluding hydrogens is 426 g/mol. The molecule has 4 rings (SSSR count). The third-order valence-electron chi connectivity index (χ3n) is 6.17. The molecule has 0 amide bonds. The summed E-state index contributed by atoms with van der Waals surface area (Å²) in [5.74, 6) is 2.19. The molecule has 0 fully saturated rings. The van der Waals surface area contributed by atoms with Crippen LogP contribution < -0.4 is 14.4 Å². The van der Waals surface area contributed by atoms with Crippen molar-refractivity contribution >= 4 is 11.6 Å². The average molecular weight is 458 g/mol. The van der Waals surface area contributed by atoms with Crippen LogP contribution in [0.1, 0.15) is 61.7 Å². The van der Waals surface area contributed by atoms with Gasteiger partial charge in [0.1, 0.15) is 5.69 Å². The topological polar surface area (TPSA) is 71.5 Å². The van der Waals surface area contributed by atoms with Crippen LogP contribution in [-0.2, 0) is 0 Å². The van der Waals surface area contributed by atoms with Crippen molar-refractivity contribution in [3.8, 4) is 17.6 Å². The number of hydrogen-bond acceptors (Lipinski definition) is 6. The highest BCUT2D eigenvalue weighted by Crippen LogP contribution is 2.48. The molecule has 1 aromatic heterocycles. The molecule has 1 aliphatic rings. The zero-order chi connectivity index (χ0) is 24.2. The van der Waals surface area contributed by atoms with E-state index in [0.29, 0.717) is 35.5 Å². The fourth-order valence-corrected chi connectivity index (χ4v) is 4.39. The molecule has 0 radical (unpaired) electrons. The Bertz CT molecular complexity index is 1230. The lowest BCUT2D eigenvalue weighted by Crippen LogP contribution is -2.25. The zero-order valence-corrected chi connectivity index (χ0v) is 20.5. The van der Waals surface area contributed by atoms with Crippen LogP contribution in [0.4, 0.5) is 11.6 Å². The molecule has 0 saturated carbocycles. The minimum Gasteiger partial charge on any atom is -0.493 e. The summed E-state index contributed by atoms with van der Waals surface area (Å²) in [7, 11) is 1.63. The minimum absolute atomic E-state index is 0.359. The predicted octanol–water partition coefficient (Wildman–Crippen LogP) is 6.95. The molecule has 6 heteroatoms. The van der Waals surface area contributed by atoms with Gasteiger partial charge in [0, 0.05) is 18.3 Å². The zero-order valence-electron chi connectivity index (χ0n) is 20.5. The number of oxazole rings is 1. The van der Waals surface area contributed by atoms with Gasteiger partial charge in [0.15, 0.2) is 17.4 Å². The van der Waals surface area contributed by atoms with E-state index < -0.39 is 0 Å². The highest BCUT2D eigenvalue weighted by molar-refractivity contribution is 5.73. The number of fused-ring (bicyclic) bond motifs is 1. The lowest BCUT2D eigenvalue weighted by molar-refractivity contribution is 0.286. The van der Waals surface area contributed by atoms with Crippen molar-refractivity contribution in [3.63, 3.8) is 0 Å². The van der Waals surface area contributed by atoms with E-state index in [9.17, 15) is 5.26 Å². The number of unbranched alkanes of at least 4 members (excludes halogenated alkanes) is 2. The average Bonchev–Trinajstić information content (AvgIpc) is 3.22. The smallest absolute Gasteiger partial charge is 0.229 e. The largest absolute Gasteiger partial charge is 0.493 e. The number of nitrogens with zero attached hydrogens (tertiary/aromatic N) is 3. The first-order valence-corrected chi connectivity index (χ1v) is 11.7. The Morgan fingerprint density at radius 1 is 1.06 bits per heavy atom. The monoisotopic (exact) mass is 457 g/mol. The van der Waals surface area contributed by atoms with E-state index in [0.717, 1.165) is 41.9 Å². The molecule has 0 aliphatic carbocycles. The molecule has 1 aliphatic heterocycles. The van der Waals surface area contributed by atoms with E-state index in [1.807, 2.05) is 68.1 Å². The highest BCUT2D eigenvalue weighted by atomic mass is 16.5. The van der Waals surface area contributed by atoms with E-state index in [4.69, 9.17) is 18.9 Å². The van der Waals surface area contributed by atoms with Crippen LogP contribution in [0.2, 0.25) is 0 Å². The van der Waals surface area contributed by atoms with Gasteiger partial charge in [-0.25, -0.2) is 4.98 Å². The van der Waals surface area contributed by atoms with Crippen LogP contribution in [-0.4, -0.2) is 18.7 Å². The fourth-order valence-electron chi connectivity index (χ4n) is 4.39. The highest BCUT2D eigenvalue weighted by Gasteiger charge is 2.38. The van der Waals surface area contributed by atoms with Gasteiger partial charge in [-0.3, -0.25) is 4.90 Å². The first-order valence-electron chi connectivity index (χ1n) is 11.7. The summed E-state index contributed by atoms with van der Waals surface area (Å²) in [4.78, 5) is 6.70. The van der Waals surface area contributed by atoms with E-state index in [1.165, 1.54) is 5.56 Å². The SMILES string of the molecule is CCCCCOc1ccc([C@H]2C(C#N)=C(C)N(c3ccc(C)cc3)c3oc(C)nc32)cc1OC. The van der Waals surface area contributed by atoms with Crippen molar-refractivity contribution in [1.82, 2.24) is 4.98 Å². The number of aryl methyl sites for hydroxylation is 2. The number of methoxy groups -OCH3 is 1. The van der Waals surface area contributed by atoms with Gasteiger partial charge in [-0.2, -0.15) is 5.26 Å². The summed E-state index contributed by atoms with van der Waals surface area (Å²) in [6.07, 6.45) is 3.27. The van der Waals surface area contributed by atoms with Gasteiger partial charge in [-0.05, 0) is 50.1 Å². The molecule has 3 aromatic rings. The van der Waals surface area contributed by atoms with E-state index in [1.54, 1.807) is 7.11 Å². The van der Waals surface area contributed by atoms with E-state index in [-0.39, 0.29) is 5.92 Å². The summed E-state index contributed by atoms with van der Waals surface area (Å²) >= 11 is 0. The van der Waals surface area contributed by atoms with Crippen LogP contribution in [0.5, 0.6) is 11.5 Å². The van der Waals surface area contributed by atoms with Crippen LogP contribution in [0.3, 0.4) is 0 Å². The maximum atomic E-state index is 10.2. The van der Waals surface area contributed by atoms with Crippen molar-refractivity contribution in [2.75, 3.05) is 18.6 Å². The summed E-state index contributed by atoms with van der Waals surface area (Å²) in [6.45, 7) is 8.65. The van der Waals surface area contributed by atoms with Crippen molar-refractivity contribution in [3.05, 3.63) is 76.4 Å². The van der Waals surface area contributed by atoms with Gasteiger partial charge in [0.25, 0.3) is 0 Å². The molecule has 6 nitrogen and oxygen atoms in total.